The molecule has 5 nitrogen and oxygen atoms in total. The number of amides is 1. The van der Waals surface area contributed by atoms with E-state index in [-0.39, 0.29) is 25.2 Å². The first-order valence-electron chi connectivity index (χ1n) is 7.03. The summed E-state index contributed by atoms with van der Waals surface area (Å²) in [5, 5.41) is 12.1. The SMILES string of the molecule is COc1cc(CO)cc(Br)c1OCC(=O)NC1CCCC1. The van der Waals surface area contributed by atoms with E-state index in [0.717, 1.165) is 12.8 Å². The number of methoxy groups -OCH3 is 1. The third kappa shape index (κ3) is 4.35. The molecular formula is C15H20BrNO4. The number of aliphatic hydroxyl groups excluding tert-OH is 1. The lowest BCUT2D eigenvalue weighted by Gasteiger charge is -2.15. The molecule has 1 amide bonds. The van der Waals surface area contributed by atoms with Crippen molar-refractivity contribution in [2.24, 2.45) is 0 Å². The van der Waals surface area contributed by atoms with E-state index in [1.165, 1.54) is 20.0 Å². The Bertz CT molecular complexity index is 501. The topological polar surface area (TPSA) is 67.8 Å². The van der Waals surface area contributed by atoms with Crippen LogP contribution in [0.4, 0.5) is 0 Å². The van der Waals surface area contributed by atoms with E-state index in [1.54, 1.807) is 12.1 Å². The van der Waals surface area contributed by atoms with Gasteiger partial charge in [-0.1, -0.05) is 12.8 Å². The fourth-order valence-corrected chi connectivity index (χ4v) is 3.09. The van der Waals surface area contributed by atoms with Crippen LogP contribution >= 0.6 is 15.9 Å². The zero-order chi connectivity index (χ0) is 15.2. The quantitative estimate of drug-likeness (QED) is 0.820. The number of aliphatic hydroxyl groups is 1. The van der Waals surface area contributed by atoms with E-state index in [4.69, 9.17) is 14.6 Å². The highest BCUT2D eigenvalue weighted by atomic mass is 79.9. The lowest BCUT2D eigenvalue weighted by molar-refractivity contribution is -0.123. The van der Waals surface area contributed by atoms with Gasteiger partial charge in [0.05, 0.1) is 18.2 Å². The lowest BCUT2D eigenvalue weighted by Crippen LogP contribution is -2.36. The number of ether oxygens (including phenoxy) is 2. The molecule has 0 aromatic heterocycles. The normalized spacial score (nSPS) is 15.0. The number of hydrogen-bond acceptors (Lipinski definition) is 4. The van der Waals surface area contributed by atoms with Crippen molar-refractivity contribution in [2.75, 3.05) is 13.7 Å². The van der Waals surface area contributed by atoms with Crippen LogP contribution in [0.25, 0.3) is 0 Å². The number of carbonyl (C=O) groups is 1. The van der Waals surface area contributed by atoms with Crippen molar-refractivity contribution in [1.82, 2.24) is 5.32 Å². The maximum absolute atomic E-state index is 11.9. The zero-order valence-corrected chi connectivity index (χ0v) is 13.6. The van der Waals surface area contributed by atoms with E-state index < -0.39 is 0 Å². The number of halogens is 1. The van der Waals surface area contributed by atoms with Crippen molar-refractivity contribution in [2.45, 2.75) is 38.3 Å². The Balaban J connectivity index is 1.97. The second kappa shape index (κ2) is 7.66. The predicted molar refractivity (Wildman–Crippen MR) is 82.5 cm³/mol. The summed E-state index contributed by atoms with van der Waals surface area (Å²) in [6, 6.07) is 3.71. The maximum atomic E-state index is 11.9. The van der Waals surface area contributed by atoms with Gasteiger partial charge in [0.1, 0.15) is 0 Å². The molecule has 0 bridgehead atoms. The largest absolute Gasteiger partial charge is 0.493 e. The minimum atomic E-state index is -0.123. The van der Waals surface area contributed by atoms with Gasteiger partial charge in [-0.2, -0.15) is 0 Å². The molecule has 0 atom stereocenters. The van der Waals surface area contributed by atoms with Crippen LogP contribution in [0.15, 0.2) is 16.6 Å². The molecule has 0 unspecified atom stereocenters. The van der Waals surface area contributed by atoms with Crippen molar-refractivity contribution in [3.8, 4) is 11.5 Å². The second-order valence-electron chi connectivity index (χ2n) is 5.10. The first-order valence-corrected chi connectivity index (χ1v) is 7.82. The van der Waals surface area contributed by atoms with Crippen molar-refractivity contribution in [3.63, 3.8) is 0 Å². The van der Waals surface area contributed by atoms with Crippen molar-refractivity contribution < 1.29 is 19.4 Å². The van der Waals surface area contributed by atoms with Gasteiger partial charge in [0.15, 0.2) is 18.1 Å². The Kier molecular flexibility index (Phi) is 5.87. The molecule has 1 aromatic rings. The Morgan fingerprint density at radius 1 is 1.43 bits per heavy atom. The summed E-state index contributed by atoms with van der Waals surface area (Å²) in [4.78, 5) is 11.9. The molecule has 0 spiro atoms. The number of rotatable bonds is 6. The Hall–Kier alpha value is -1.27. The van der Waals surface area contributed by atoms with E-state index in [9.17, 15) is 4.79 Å². The Labute approximate surface area is 132 Å². The summed E-state index contributed by atoms with van der Waals surface area (Å²) in [5.41, 5.74) is 0.710. The summed E-state index contributed by atoms with van der Waals surface area (Å²) in [5.74, 6) is 0.834. The molecule has 0 aliphatic heterocycles. The van der Waals surface area contributed by atoms with Crippen LogP contribution in [0.5, 0.6) is 11.5 Å². The highest BCUT2D eigenvalue weighted by Crippen LogP contribution is 2.36. The first kappa shape index (κ1) is 16.1. The third-order valence-electron chi connectivity index (χ3n) is 3.54. The molecule has 2 rings (SSSR count). The van der Waals surface area contributed by atoms with Crippen LogP contribution in [0.1, 0.15) is 31.2 Å². The van der Waals surface area contributed by atoms with Gasteiger partial charge in [-0.25, -0.2) is 0 Å². The summed E-state index contributed by atoms with van der Waals surface area (Å²) >= 11 is 3.37. The first-order chi connectivity index (χ1) is 10.1. The molecule has 116 valence electrons. The average Bonchev–Trinajstić information content (AvgIpc) is 2.97. The summed E-state index contributed by atoms with van der Waals surface area (Å²) in [6.45, 7) is -0.138. The van der Waals surface area contributed by atoms with Gasteiger partial charge in [0.2, 0.25) is 0 Å². The monoisotopic (exact) mass is 357 g/mol. The third-order valence-corrected chi connectivity index (χ3v) is 4.13. The van der Waals surface area contributed by atoms with Crippen molar-refractivity contribution in [3.05, 3.63) is 22.2 Å². The average molecular weight is 358 g/mol. The molecule has 6 heteroatoms. The number of hydrogen-bond donors (Lipinski definition) is 2. The molecule has 21 heavy (non-hydrogen) atoms. The van der Waals surface area contributed by atoms with Gasteiger partial charge in [0, 0.05) is 6.04 Å². The fourth-order valence-electron chi connectivity index (χ4n) is 2.48. The fraction of sp³-hybridized carbons (Fsp3) is 0.533. The van der Waals surface area contributed by atoms with Crippen molar-refractivity contribution in [1.29, 1.82) is 0 Å². The molecule has 0 heterocycles. The van der Waals surface area contributed by atoms with Crippen LogP contribution in [0.3, 0.4) is 0 Å². The van der Waals surface area contributed by atoms with Gasteiger partial charge in [-0.05, 0) is 46.5 Å². The van der Waals surface area contributed by atoms with Gasteiger partial charge in [-0.15, -0.1) is 0 Å². The summed E-state index contributed by atoms with van der Waals surface area (Å²) < 4.78 is 11.5. The van der Waals surface area contributed by atoms with Gasteiger partial charge in [0.25, 0.3) is 5.91 Å². The predicted octanol–water partition coefficient (Wildman–Crippen LogP) is 2.39. The highest BCUT2D eigenvalue weighted by Gasteiger charge is 2.18. The number of nitrogens with one attached hydrogen (secondary N) is 1. The molecule has 1 aliphatic rings. The van der Waals surface area contributed by atoms with Crippen LogP contribution in [-0.4, -0.2) is 30.8 Å². The molecule has 0 saturated heterocycles. The maximum Gasteiger partial charge on any atom is 0.258 e. The minimum absolute atomic E-state index is 0.0517. The molecule has 1 aliphatic carbocycles. The molecule has 1 saturated carbocycles. The Morgan fingerprint density at radius 3 is 2.76 bits per heavy atom. The molecule has 1 fully saturated rings. The second-order valence-corrected chi connectivity index (χ2v) is 5.96. The highest BCUT2D eigenvalue weighted by molar-refractivity contribution is 9.10. The van der Waals surface area contributed by atoms with E-state index >= 15 is 0 Å². The van der Waals surface area contributed by atoms with Gasteiger partial charge >= 0.3 is 0 Å². The number of carbonyl (C=O) groups excluding carboxylic acids is 1. The molecule has 1 aromatic carbocycles. The van der Waals surface area contributed by atoms with E-state index in [0.29, 0.717) is 21.5 Å². The Morgan fingerprint density at radius 2 is 2.14 bits per heavy atom. The van der Waals surface area contributed by atoms with Crippen molar-refractivity contribution >= 4 is 21.8 Å². The van der Waals surface area contributed by atoms with Crippen LogP contribution in [-0.2, 0) is 11.4 Å². The molecular weight excluding hydrogens is 338 g/mol. The summed E-state index contributed by atoms with van der Waals surface area (Å²) in [6.07, 6.45) is 4.44. The van der Waals surface area contributed by atoms with Gasteiger partial charge < -0.3 is 19.9 Å². The molecule has 2 N–H and O–H groups in total. The smallest absolute Gasteiger partial charge is 0.258 e. The van der Waals surface area contributed by atoms with E-state index in [2.05, 4.69) is 21.2 Å². The zero-order valence-electron chi connectivity index (χ0n) is 12.0. The molecule has 0 radical (unpaired) electrons. The van der Waals surface area contributed by atoms with Crippen LogP contribution in [0, 0.1) is 0 Å². The summed E-state index contributed by atoms with van der Waals surface area (Å²) in [7, 11) is 1.52. The lowest BCUT2D eigenvalue weighted by atomic mass is 10.2. The standard InChI is InChI=1S/C15H20BrNO4/c1-20-13-7-10(8-18)6-12(16)15(13)21-9-14(19)17-11-4-2-3-5-11/h6-7,11,18H,2-5,8-9H2,1H3,(H,17,19). The van der Waals surface area contributed by atoms with E-state index in [1.807, 2.05) is 0 Å². The van der Waals surface area contributed by atoms with Crippen LogP contribution in [0.2, 0.25) is 0 Å². The minimum Gasteiger partial charge on any atom is -0.493 e. The van der Waals surface area contributed by atoms with Crippen LogP contribution < -0.4 is 14.8 Å². The van der Waals surface area contributed by atoms with Gasteiger partial charge in [-0.3, -0.25) is 4.79 Å². The number of benzene rings is 1.